The van der Waals surface area contributed by atoms with E-state index in [-0.39, 0.29) is 6.10 Å². The molecule has 0 aliphatic carbocycles. The molecule has 0 radical (unpaired) electrons. The minimum atomic E-state index is -1.82. The molecule has 142 valence electrons. The third-order valence-corrected chi connectivity index (χ3v) is 4.45. The summed E-state index contributed by atoms with van der Waals surface area (Å²) in [6.45, 7) is 0.898. The summed E-state index contributed by atoms with van der Waals surface area (Å²) in [5, 5.41) is 23.3. The van der Waals surface area contributed by atoms with E-state index >= 15 is 0 Å². The first-order valence-corrected chi connectivity index (χ1v) is 9.05. The summed E-state index contributed by atoms with van der Waals surface area (Å²) in [4.78, 5) is 22.6. The van der Waals surface area contributed by atoms with Gasteiger partial charge in [-0.2, -0.15) is 0 Å². The predicted octanol–water partition coefficient (Wildman–Crippen LogP) is 3.18. The van der Waals surface area contributed by atoms with Crippen LogP contribution in [0.2, 0.25) is 0 Å². The minimum Gasteiger partial charge on any atom is -0.483 e. The van der Waals surface area contributed by atoms with Crippen LogP contribution in [0.15, 0.2) is 54.0 Å². The number of benzene rings is 2. The Kier molecular flexibility index (Phi) is 7.72. The van der Waals surface area contributed by atoms with Gasteiger partial charge >= 0.3 is 11.9 Å². The van der Waals surface area contributed by atoms with Crippen molar-refractivity contribution in [3.8, 4) is 5.75 Å². The standard InChI is InChI=1S/C17H18N2OS.C2H2O4/c1-18-10-9-16(17-19-11-12-21-17)20-15-8-4-6-13-5-2-3-7-14(13)15;3-1(4)2(5)6/h2-8,11-12,16,18H,9-10H2,1H3;(H,3,4)(H,5,6). The van der Waals surface area contributed by atoms with Gasteiger partial charge in [-0.05, 0) is 25.0 Å². The Morgan fingerprint density at radius 3 is 2.48 bits per heavy atom. The molecule has 2 aromatic carbocycles. The van der Waals surface area contributed by atoms with Crippen LogP contribution in [0.5, 0.6) is 5.75 Å². The third kappa shape index (κ3) is 6.05. The van der Waals surface area contributed by atoms with Crippen molar-refractivity contribution in [1.82, 2.24) is 10.3 Å². The number of thiazole rings is 1. The van der Waals surface area contributed by atoms with Crippen LogP contribution in [0.4, 0.5) is 0 Å². The number of carbonyl (C=O) groups is 2. The van der Waals surface area contributed by atoms with Gasteiger partial charge in [0.2, 0.25) is 0 Å². The van der Waals surface area contributed by atoms with Gasteiger partial charge in [-0.1, -0.05) is 36.4 Å². The van der Waals surface area contributed by atoms with Crippen LogP contribution >= 0.6 is 11.3 Å². The van der Waals surface area contributed by atoms with Gasteiger partial charge in [0.05, 0.1) is 0 Å². The van der Waals surface area contributed by atoms with Crippen molar-refractivity contribution in [2.24, 2.45) is 0 Å². The molecule has 0 spiro atoms. The molecule has 3 N–H and O–H groups in total. The lowest BCUT2D eigenvalue weighted by Gasteiger charge is -2.18. The van der Waals surface area contributed by atoms with Gasteiger partial charge in [-0.15, -0.1) is 11.3 Å². The van der Waals surface area contributed by atoms with Crippen molar-refractivity contribution in [3.05, 3.63) is 59.0 Å². The van der Waals surface area contributed by atoms with E-state index in [9.17, 15) is 0 Å². The first kappa shape index (κ1) is 20.3. The van der Waals surface area contributed by atoms with E-state index in [1.165, 1.54) is 5.39 Å². The Morgan fingerprint density at radius 1 is 1.15 bits per heavy atom. The monoisotopic (exact) mass is 388 g/mol. The molecule has 0 saturated carbocycles. The quantitative estimate of drug-likeness (QED) is 0.557. The van der Waals surface area contributed by atoms with Crippen molar-refractivity contribution in [2.75, 3.05) is 13.6 Å². The summed E-state index contributed by atoms with van der Waals surface area (Å²) in [5.74, 6) is -2.73. The number of ether oxygens (including phenoxy) is 1. The average molecular weight is 388 g/mol. The molecular weight excluding hydrogens is 368 g/mol. The molecule has 1 unspecified atom stereocenters. The lowest BCUT2D eigenvalue weighted by molar-refractivity contribution is -0.159. The van der Waals surface area contributed by atoms with E-state index in [0.29, 0.717) is 0 Å². The maximum Gasteiger partial charge on any atom is 0.414 e. The fourth-order valence-corrected chi connectivity index (χ4v) is 3.05. The molecule has 8 heteroatoms. The molecule has 27 heavy (non-hydrogen) atoms. The number of hydrogen-bond acceptors (Lipinski definition) is 6. The van der Waals surface area contributed by atoms with Crippen LogP contribution in [-0.4, -0.2) is 40.7 Å². The van der Waals surface area contributed by atoms with Gasteiger partial charge < -0.3 is 20.3 Å². The Morgan fingerprint density at radius 2 is 1.85 bits per heavy atom. The van der Waals surface area contributed by atoms with Crippen LogP contribution < -0.4 is 10.1 Å². The van der Waals surface area contributed by atoms with Crippen molar-refractivity contribution in [1.29, 1.82) is 0 Å². The van der Waals surface area contributed by atoms with Crippen LogP contribution in [-0.2, 0) is 9.59 Å². The average Bonchev–Trinajstić information content (AvgIpc) is 3.20. The van der Waals surface area contributed by atoms with Gasteiger partial charge in [0.1, 0.15) is 10.8 Å². The highest BCUT2D eigenvalue weighted by molar-refractivity contribution is 7.09. The lowest BCUT2D eigenvalue weighted by Crippen LogP contribution is -2.16. The number of nitrogens with zero attached hydrogens (tertiary/aromatic N) is 1. The molecule has 0 saturated heterocycles. The number of carboxylic acids is 2. The number of carboxylic acid groups (broad SMARTS) is 2. The Bertz CT molecular complexity index is 865. The zero-order chi connectivity index (χ0) is 19.6. The molecule has 0 bridgehead atoms. The van der Waals surface area contributed by atoms with E-state index in [0.717, 1.165) is 29.1 Å². The second-order valence-corrected chi connectivity index (χ2v) is 6.38. The number of fused-ring (bicyclic) bond motifs is 1. The number of aliphatic carboxylic acids is 2. The van der Waals surface area contributed by atoms with E-state index in [4.69, 9.17) is 24.5 Å². The first-order chi connectivity index (χ1) is 13.0. The summed E-state index contributed by atoms with van der Waals surface area (Å²) in [7, 11) is 1.96. The van der Waals surface area contributed by atoms with Crippen molar-refractivity contribution >= 4 is 34.0 Å². The smallest absolute Gasteiger partial charge is 0.414 e. The zero-order valence-corrected chi connectivity index (χ0v) is 15.5. The Labute approximate surface area is 160 Å². The van der Waals surface area contributed by atoms with Gasteiger partial charge in [0.15, 0.2) is 6.10 Å². The van der Waals surface area contributed by atoms with Gasteiger partial charge in [-0.25, -0.2) is 14.6 Å². The summed E-state index contributed by atoms with van der Waals surface area (Å²) in [6.07, 6.45) is 2.72. The van der Waals surface area contributed by atoms with E-state index in [1.807, 2.05) is 42.9 Å². The normalized spacial score (nSPS) is 11.3. The number of rotatable bonds is 6. The molecule has 7 nitrogen and oxygen atoms in total. The maximum absolute atomic E-state index is 9.10. The number of hydrogen-bond donors (Lipinski definition) is 3. The Hall–Kier alpha value is -2.97. The summed E-state index contributed by atoms with van der Waals surface area (Å²) in [5.41, 5.74) is 0. The first-order valence-electron chi connectivity index (χ1n) is 8.17. The highest BCUT2D eigenvalue weighted by Crippen LogP contribution is 2.31. The van der Waals surface area contributed by atoms with Gasteiger partial charge in [0.25, 0.3) is 0 Å². The molecule has 0 amide bonds. The fourth-order valence-electron chi connectivity index (χ4n) is 2.35. The van der Waals surface area contributed by atoms with E-state index in [1.54, 1.807) is 11.3 Å². The second kappa shape index (κ2) is 10.2. The molecule has 0 fully saturated rings. The zero-order valence-electron chi connectivity index (χ0n) is 14.7. The molecule has 1 atom stereocenters. The largest absolute Gasteiger partial charge is 0.483 e. The van der Waals surface area contributed by atoms with E-state index < -0.39 is 11.9 Å². The number of aromatic nitrogens is 1. The molecular formula is C19H20N2O5S. The topological polar surface area (TPSA) is 109 Å². The fraction of sp³-hybridized carbons (Fsp3) is 0.211. The van der Waals surface area contributed by atoms with Crippen LogP contribution in [0.1, 0.15) is 17.5 Å². The Balaban J connectivity index is 0.000000380. The summed E-state index contributed by atoms with van der Waals surface area (Å²) in [6, 6.07) is 14.5. The lowest BCUT2D eigenvalue weighted by atomic mass is 10.1. The van der Waals surface area contributed by atoms with Gasteiger partial charge in [0, 0.05) is 23.4 Å². The second-order valence-electron chi connectivity index (χ2n) is 5.46. The van der Waals surface area contributed by atoms with E-state index in [2.05, 4.69) is 28.5 Å². The maximum atomic E-state index is 9.10. The highest BCUT2D eigenvalue weighted by Gasteiger charge is 2.16. The summed E-state index contributed by atoms with van der Waals surface area (Å²) < 4.78 is 6.28. The highest BCUT2D eigenvalue weighted by atomic mass is 32.1. The molecule has 1 heterocycles. The molecule has 3 rings (SSSR count). The van der Waals surface area contributed by atoms with Crippen molar-refractivity contribution in [3.63, 3.8) is 0 Å². The van der Waals surface area contributed by atoms with Crippen molar-refractivity contribution < 1.29 is 24.5 Å². The molecule has 3 aromatic rings. The van der Waals surface area contributed by atoms with Crippen LogP contribution in [0, 0.1) is 0 Å². The van der Waals surface area contributed by atoms with Gasteiger partial charge in [-0.3, -0.25) is 0 Å². The van der Waals surface area contributed by atoms with Crippen LogP contribution in [0.25, 0.3) is 10.8 Å². The molecule has 0 aliphatic rings. The molecule has 1 aromatic heterocycles. The van der Waals surface area contributed by atoms with Crippen LogP contribution in [0.3, 0.4) is 0 Å². The predicted molar refractivity (Wildman–Crippen MR) is 103 cm³/mol. The van der Waals surface area contributed by atoms with Crippen molar-refractivity contribution in [2.45, 2.75) is 12.5 Å². The molecule has 0 aliphatic heterocycles. The third-order valence-electron chi connectivity index (χ3n) is 3.59. The SMILES string of the molecule is CNCCC(Oc1cccc2ccccc12)c1nccs1.O=C(O)C(=O)O. The number of nitrogens with one attached hydrogen (secondary N) is 1. The summed E-state index contributed by atoms with van der Waals surface area (Å²) >= 11 is 1.64. The minimum absolute atomic E-state index is 0.0109.